The predicted molar refractivity (Wildman–Crippen MR) is 52.4 cm³/mol. The van der Waals surface area contributed by atoms with Gasteiger partial charge in [0.15, 0.2) is 0 Å². The highest BCUT2D eigenvalue weighted by Crippen LogP contribution is 2.17. The monoisotopic (exact) mass is 264 g/mol. The van der Waals surface area contributed by atoms with Gasteiger partial charge < -0.3 is 0 Å². The molecule has 0 saturated heterocycles. The maximum atomic E-state index is 11.9. The average Bonchev–Trinajstić information content (AvgIpc) is 2.26. The smallest absolute Gasteiger partial charge is 0.207 e. The van der Waals surface area contributed by atoms with E-state index >= 15 is 0 Å². The molecule has 92 valence electrons. The molecule has 0 amide bonds. The molecule has 0 aliphatic heterocycles. The maximum absolute atomic E-state index is 11.9. The van der Waals surface area contributed by atoms with Crippen LogP contribution in [0.2, 0.25) is 0 Å². The van der Waals surface area contributed by atoms with Crippen LogP contribution >= 0.6 is 0 Å². The van der Waals surface area contributed by atoms with E-state index in [1.165, 1.54) is 22.9 Å². The van der Waals surface area contributed by atoms with Crippen LogP contribution in [0.15, 0.2) is 29.2 Å². The van der Waals surface area contributed by atoms with E-state index in [0.29, 0.717) is 0 Å². The van der Waals surface area contributed by atoms with Gasteiger partial charge in [0.1, 0.15) is 12.6 Å². The molecule has 0 saturated carbocycles. The third-order valence-corrected chi connectivity index (χ3v) is 3.22. The molecule has 1 rings (SSSR count). The van der Waals surface area contributed by atoms with Gasteiger partial charge in [-0.05, 0) is 12.1 Å². The van der Waals surface area contributed by atoms with Crippen LogP contribution in [0.5, 0.6) is 0 Å². The van der Waals surface area contributed by atoms with Gasteiger partial charge in [-0.25, -0.2) is 13.1 Å². The van der Waals surface area contributed by atoms with Crippen LogP contribution in [-0.2, 0) is 10.0 Å². The molecular weight excluding hydrogens is 257 g/mol. The summed E-state index contributed by atoms with van der Waals surface area (Å²) in [6, 6.07) is 6.62. The van der Waals surface area contributed by atoms with Crippen molar-refractivity contribution in [3.8, 4) is 6.07 Å². The molecule has 0 aliphatic rings. The van der Waals surface area contributed by atoms with Crippen LogP contribution in [0.3, 0.4) is 0 Å². The molecule has 4 nitrogen and oxygen atoms in total. The lowest BCUT2D eigenvalue weighted by Crippen LogP contribution is -2.34. The summed E-state index contributed by atoms with van der Waals surface area (Å²) in [5, 5.41) is 8.65. The van der Waals surface area contributed by atoms with Crippen molar-refractivity contribution in [2.24, 2.45) is 0 Å². The quantitative estimate of drug-likeness (QED) is 0.897. The third kappa shape index (κ3) is 3.72. The summed E-state index contributed by atoms with van der Waals surface area (Å²) in [5.74, 6) is 0. The molecular formula is C9H7F3N2O2S. The molecule has 0 heterocycles. The Kier molecular flexibility index (Phi) is 3.75. The van der Waals surface area contributed by atoms with Crippen LogP contribution in [0, 0.1) is 11.3 Å². The number of benzene rings is 1. The summed E-state index contributed by atoms with van der Waals surface area (Å²) in [5.41, 5.74) is -0.206. The largest absolute Gasteiger partial charge is 0.402 e. The fourth-order valence-corrected chi connectivity index (χ4v) is 2.22. The summed E-state index contributed by atoms with van der Waals surface area (Å²) < 4.78 is 60.1. The van der Waals surface area contributed by atoms with Crippen molar-refractivity contribution in [1.29, 1.82) is 5.26 Å². The number of sulfonamides is 1. The van der Waals surface area contributed by atoms with Crippen molar-refractivity contribution in [1.82, 2.24) is 4.72 Å². The molecule has 0 radical (unpaired) electrons. The summed E-state index contributed by atoms with van der Waals surface area (Å²) in [4.78, 5) is -0.466. The van der Waals surface area contributed by atoms with E-state index in [1.54, 1.807) is 6.07 Å². The second-order valence-corrected chi connectivity index (χ2v) is 4.78. The first kappa shape index (κ1) is 13.5. The van der Waals surface area contributed by atoms with Gasteiger partial charge in [-0.2, -0.15) is 18.4 Å². The SMILES string of the molecule is N#Cc1ccccc1S(=O)(=O)NCC(F)(F)F. The molecule has 17 heavy (non-hydrogen) atoms. The van der Waals surface area contributed by atoms with Gasteiger partial charge >= 0.3 is 6.18 Å². The van der Waals surface area contributed by atoms with Gasteiger partial charge in [-0.3, -0.25) is 0 Å². The molecule has 0 unspecified atom stereocenters. The van der Waals surface area contributed by atoms with E-state index in [0.717, 1.165) is 6.07 Å². The predicted octanol–water partition coefficient (Wildman–Crippen LogP) is 1.40. The Morgan fingerprint density at radius 2 is 1.88 bits per heavy atom. The molecule has 0 bridgehead atoms. The summed E-state index contributed by atoms with van der Waals surface area (Å²) in [6.45, 7) is -1.67. The number of hydrogen-bond donors (Lipinski definition) is 1. The third-order valence-electron chi connectivity index (χ3n) is 1.76. The van der Waals surface area contributed by atoms with Gasteiger partial charge in [0.2, 0.25) is 10.0 Å². The number of rotatable bonds is 3. The Hall–Kier alpha value is -1.59. The normalized spacial score (nSPS) is 12.1. The van der Waals surface area contributed by atoms with Gasteiger partial charge in [0.25, 0.3) is 0 Å². The number of alkyl halides is 3. The maximum Gasteiger partial charge on any atom is 0.402 e. The molecule has 0 spiro atoms. The Morgan fingerprint density at radius 3 is 2.41 bits per heavy atom. The van der Waals surface area contributed by atoms with Crippen LogP contribution in [-0.4, -0.2) is 21.1 Å². The highest BCUT2D eigenvalue weighted by atomic mass is 32.2. The van der Waals surface area contributed by atoms with Crippen LogP contribution in [0.1, 0.15) is 5.56 Å². The van der Waals surface area contributed by atoms with Gasteiger partial charge in [0.05, 0.1) is 10.5 Å². The number of nitrogens with one attached hydrogen (secondary N) is 1. The molecule has 1 aromatic carbocycles. The van der Waals surface area contributed by atoms with Crippen LogP contribution in [0.25, 0.3) is 0 Å². The van der Waals surface area contributed by atoms with E-state index < -0.39 is 27.6 Å². The highest BCUT2D eigenvalue weighted by molar-refractivity contribution is 7.89. The number of nitrogens with zero attached hydrogens (tertiary/aromatic N) is 1. The van der Waals surface area contributed by atoms with E-state index in [9.17, 15) is 21.6 Å². The topological polar surface area (TPSA) is 70.0 Å². The van der Waals surface area contributed by atoms with Crippen molar-refractivity contribution in [2.45, 2.75) is 11.1 Å². The molecule has 0 fully saturated rings. The summed E-state index contributed by atoms with van der Waals surface area (Å²) in [7, 11) is -4.33. The van der Waals surface area contributed by atoms with E-state index in [1.807, 2.05) is 0 Å². The van der Waals surface area contributed by atoms with E-state index in [2.05, 4.69) is 0 Å². The molecule has 0 aliphatic carbocycles. The summed E-state index contributed by atoms with van der Waals surface area (Å²) in [6.07, 6.45) is -4.64. The second kappa shape index (κ2) is 4.73. The fraction of sp³-hybridized carbons (Fsp3) is 0.222. The van der Waals surface area contributed by atoms with Gasteiger partial charge in [0, 0.05) is 0 Å². The second-order valence-electron chi connectivity index (χ2n) is 3.05. The highest BCUT2D eigenvalue weighted by Gasteiger charge is 2.30. The van der Waals surface area contributed by atoms with Crippen molar-refractivity contribution >= 4 is 10.0 Å². The zero-order valence-electron chi connectivity index (χ0n) is 8.32. The van der Waals surface area contributed by atoms with Crippen molar-refractivity contribution < 1.29 is 21.6 Å². The van der Waals surface area contributed by atoms with Gasteiger partial charge in [-0.15, -0.1) is 0 Å². The van der Waals surface area contributed by atoms with E-state index in [-0.39, 0.29) is 5.56 Å². The van der Waals surface area contributed by atoms with Crippen molar-refractivity contribution in [3.63, 3.8) is 0 Å². The minimum absolute atomic E-state index is 0.206. The lowest BCUT2D eigenvalue weighted by Gasteiger charge is -2.09. The first-order valence-electron chi connectivity index (χ1n) is 4.32. The minimum atomic E-state index is -4.64. The molecule has 1 aromatic rings. The Balaban J connectivity index is 3.03. The van der Waals surface area contributed by atoms with E-state index in [4.69, 9.17) is 5.26 Å². The average molecular weight is 264 g/mol. The Bertz CT molecular complexity index is 546. The lowest BCUT2D eigenvalue weighted by molar-refractivity contribution is -0.121. The summed E-state index contributed by atoms with van der Waals surface area (Å²) >= 11 is 0. The van der Waals surface area contributed by atoms with Gasteiger partial charge in [-0.1, -0.05) is 12.1 Å². The van der Waals surface area contributed by atoms with Crippen LogP contribution < -0.4 is 4.72 Å². The fourth-order valence-electron chi connectivity index (χ4n) is 1.05. The molecule has 0 aromatic heterocycles. The molecule has 0 atom stereocenters. The Labute approximate surface area is 95.7 Å². The number of hydrogen-bond acceptors (Lipinski definition) is 3. The number of halogens is 3. The standard InChI is InChI=1S/C9H7F3N2O2S/c10-9(11,12)6-14-17(15,16)8-4-2-1-3-7(8)5-13/h1-4,14H,6H2. The van der Waals surface area contributed by atoms with Crippen molar-refractivity contribution in [3.05, 3.63) is 29.8 Å². The number of nitriles is 1. The zero-order chi connectivity index (χ0) is 13.1. The Morgan fingerprint density at radius 1 is 1.29 bits per heavy atom. The minimum Gasteiger partial charge on any atom is -0.207 e. The lowest BCUT2D eigenvalue weighted by atomic mass is 10.2. The first-order chi connectivity index (χ1) is 7.76. The van der Waals surface area contributed by atoms with Crippen LogP contribution in [0.4, 0.5) is 13.2 Å². The molecule has 8 heteroatoms. The first-order valence-corrected chi connectivity index (χ1v) is 5.80. The molecule has 1 N–H and O–H groups in total. The van der Waals surface area contributed by atoms with Crippen molar-refractivity contribution in [2.75, 3.05) is 6.54 Å². The zero-order valence-corrected chi connectivity index (χ0v) is 9.14.